The van der Waals surface area contributed by atoms with E-state index in [1.165, 1.54) is 12.3 Å². The fraction of sp³-hybridized carbons (Fsp3) is 0.0769. The van der Waals surface area contributed by atoms with Gasteiger partial charge in [0, 0.05) is 11.9 Å². The lowest BCUT2D eigenvalue weighted by Crippen LogP contribution is -2.24. The Morgan fingerprint density at radius 2 is 1.70 bits per heavy atom. The maximum Gasteiger partial charge on any atom is 0.416 e. The van der Waals surface area contributed by atoms with Gasteiger partial charge in [-0.2, -0.15) is 13.2 Å². The summed E-state index contributed by atoms with van der Waals surface area (Å²) in [5, 5.41) is 8.83. The molecule has 2 aromatic rings. The number of aromatic carboxylic acids is 1. The van der Waals surface area contributed by atoms with Gasteiger partial charge in [-0.05, 0) is 36.4 Å². The molecule has 2 rings (SSSR count). The fourth-order valence-corrected chi connectivity index (χ4v) is 1.67. The number of carbonyl (C=O) groups is 1. The molecule has 0 unspecified atom stereocenters. The number of aromatic nitrogens is 1. The van der Waals surface area contributed by atoms with Crippen LogP contribution < -0.4 is 5.56 Å². The molecule has 0 aliphatic carbocycles. The minimum atomic E-state index is -4.47. The molecule has 1 aromatic heterocycles. The summed E-state index contributed by atoms with van der Waals surface area (Å²) in [6.07, 6.45) is -3.18. The molecule has 0 atom stereocenters. The zero-order valence-electron chi connectivity index (χ0n) is 9.89. The third kappa shape index (κ3) is 2.56. The molecule has 0 aliphatic rings. The highest BCUT2D eigenvalue weighted by Crippen LogP contribution is 2.29. The topological polar surface area (TPSA) is 59.3 Å². The molecular formula is C13H8F3NO3. The number of benzene rings is 1. The van der Waals surface area contributed by atoms with Gasteiger partial charge in [0.25, 0.3) is 5.56 Å². The third-order valence-corrected chi connectivity index (χ3v) is 2.65. The van der Waals surface area contributed by atoms with E-state index < -0.39 is 28.8 Å². The van der Waals surface area contributed by atoms with E-state index in [2.05, 4.69) is 0 Å². The lowest BCUT2D eigenvalue weighted by atomic mass is 10.2. The van der Waals surface area contributed by atoms with Gasteiger partial charge >= 0.3 is 12.1 Å². The maximum atomic E-state index is 12.4. The SMILES string of the molecule is O=C(O)c1cccn(-c2ccc(C(F)(F)F)cc2)c1=O. The second-order valence-corrected chi connectivity index (χ2v) is 3.95. The number of alkyl halides is 3. The quantitative estimate of drug-likeness (QED) is 0.921. The van der Waals surface area contributed by atoms with Crippen molar-refractivity contribution in [2.45, 2.75) is 6.18 Å². The summed E-state index contributed by atoms with van der Waals surface area (Å²) < 4.78 is 38.3. The van der Waals surface area contributed by atoms with E-state index in [1.54, 1.807) is 0 Å². The highest BCUT2D eigenvalue weighted by atomic mass is 19.4. The van der Waals surface area contributed by atoms with Crippen molar-refractivity contribution in [3.05, 3.63) is 64.1 Å². The first kappa shape index (κ1) is 13.9. The Morgan fingerprint density at radius 3 is 2.20 bits per heavy atom. The first-order valence-corrected chi connectivity index (χ1v) is 5.43. The molecule has 1 heterocycles. The van der Waals surface area contributed by atoms with E-state index in [0.29, 0.717) is 0 Å². The number of carboxylic acid groups (broad SMARTS) is 1. The molecule has 0 fully saturated rings. The predicted octanol–water partition coefficient (Wildman–Crippen LogP) is 2.55. The Morgan fingerprint density at radius 1 is 1.10 bits per heavy atom. The van der Waals surface area contributed by atoms with Crippen molar-refractivity contribution in [3.63, 3.8) is 0 Å². The molecule has 1 aromatic carbocycles. The number of hydrogen-bond acceptors (Lipinski definition) is 2. The van der Waals surface area contributed by atoms with Gasteiger partial charge in [-0.25, -0.2) is 4.79 Å². The van der Waals surface area contributed by atoms with Crippen LogP contribution in [0.4, 0.5) is 13.2 Å². The number of rotatable bonds is 2. The zero-order valence-corrected chi connectivity index (χ0v) is 9.89. The van der Waals surface area contributed by atoms with Crippen LogP contribution in [0.25, 0.3) is 5.69 Å². The van der Waals surface area contributed by atoms with Crippen molar-refractivity contribution in [1.82, 2.24) is 4.57 Å². The molecule has 0 bridgehead atoms. The van der Waals surface area contributed by atoms with Crippen LogP contribution in [0.2, 0.25) is 0 Å². The number of carboxylic acids is 1. The highest BCUT2D eigenvalue weighted by Gasteiger charge is 2.30. The van der Waals surface area contributed by atoms with Crippen molar-refractivity contribution in [2.24, 2.45) is 0 Å². The molecule has 1 N–H and O–H groups in total. The lowest BCUT2D eigenvalue weighted by molar-refractivity contribution is -0.137. The molecule has 0 amide bonds. The normalized spacial score (nSPS) is 11.3. The van der Waals surface area contributed by atoms with Gasteiger partial charge in [0.2, 0.25) is 0 Å². The van der Waals surface area contributed by atoms with Gasteiger partial charge < -0.3 is 5.11 Å². The van der Waals surface area contributed by atoms with Gasteiger partial charge in [0.05, 0.1) is 5.56 Å². The van der Waals surface area contributed by atoms with Crippen molar-refractivity contribution in [2.75, 3.05) is 0 Å². The highest BCUT2D eigenvalue weighted by molar-refractivity contribution is 5.87. The van der Waals surface area contributed by atoms with Crippen LogP contribution in [0.1, 0.15) is 15.9 Å². The van der Waals surface area contributed by atoms with Crippen molar-refractivity contribution < 1.29 is 23.1 Å². The van der Waals surface area contributed by atoms with Crippen LogP contribution in [-0.2, 0) is 6.18 Å². The van der Waals surface area contributed by atoms with Crippen LogP contribution in [-0.4, -0.2) is 15.6 Å². The summed E-state index contributed by atoms with van der Waals surface area (Å²) in [6.45, 7) is 0. The second kappa shape index (κ2) is 4.84. The molecule has 0 radical (unpaired) electrons. The van der Waals surface area contributed by atoms with Crippen molar-refractivity contribution >= 4 is 5.97 Å². The zero-order chi connectivity index (χ0) is 14.9. The largest absolute Gasteiger partial charge is 0.477 e. The number of pyridine rings is 1. The number of nitrogens with zero attached hydrogens (tertiary/aromatic N) is 1. The standard InChI is InChI=1S/C13H8F3NO3/c14-13(15,16)8-3-5-9(6-4-8)17-7-1-2-10(11(17)18)12(19)20/h1-7H,(H,19,20). The lowest BCUT2D eigenvalue weighted by Gasteiger charge is -2.09. The Hall–Kier alpha value is -2.57. The van der Waals surface area contributed by atoms with E-state index in [1.807, 2.05) is 0 Å². The van der Waals surface area contributed by atoms with Crippen LogP contribution in [0, 0.1) is 0 Å². The van der Waals surface area contributed by atoms with Crippen molar-refractivity contribution in [1.29, 1.82) is 0 Å². The average Bonchev–Trinajstić information content (AvgIpc) is 2.38. The first-order chi connectivity index (χ1) is 9.30. The Kier molecular flexibility index (Phi) is 3.35. The third-order valence-electron chi connectivity index (χ3n) is 2.65. The van der Waals surface area contributed by atoms with Gasteiger partial charge in [0.15, 0.2) is 0 Å². The molecule has 0 spiro atoms. The van der Waals surface area contributed by atoms with Crippen LogP contribution >= 0.6 is 0 Å². The van der Waals surface area contributed by atoms with E-state index in [-0.39, 0.29) is 5.69 Å². The van der Waals surface area contributed by atoms with Gasteiger partial charge in [-0.1, -0.05) is 0 Å². The molecule has 104 valence electrons. The van der Waals surface area contributed by atoms with E-state index in [9.17, 15) is 22.8 Å². The molecule has 0 saturated carbocycles. The summed E-state index contributed by atoms with van der Waals surface area (Å²) >= 11 is 0. The Balaban J connectivity index is 2.51. The van der Waals surface area contributed by atoms with Crippen LogP contribution in [0.3, 0.4) is 0 Å². The summed E-state index contributed by atoms with van der Waals surface area (Å²) in [7, 11) is 0. The number of hydrogen-bond donors (Lipinski definition) is 1. The Labute approximate surface area is 110 Å². The molecular weight excluding hydrogens is 275 g/mol. The van der Waals surface area contributed by atoms with Crippen LogP contribution in [0.15, 0.2) is 47.4 Å². The summed E-state index contributed by atoms with van der Waals surface area (Å²) in [6, 6.07) is 6.34. The maximum absolute atomic E-state index is 12.4. The molecule has 0 saturated heterocycles. The molecule has 0 aliphatic heterocycles. The fourth-order valence-electron chi connectivity index (χ4n) is 1.67. The first-order valence-electron chi connectivity index (χ1n) is 5.43. The van der Waals surface area contributed by atoms with E-state index >= 15 is 0 Å². The van der Waals surface area contributed by atoms with Crippen LogP contribution in [0.5, 0.6) is 0 Å². The van der Waals surface area contributed by atoms with Gasteiger partial charge in [-0.15, -0.1) is 0 Å². The minimum absolute atomic E-state index is 0.158. The monoisotopic (exact) mass is 283 g/mol. The van der Waals surface area contributed by atoms with Gasteiger partial charge in [0.1, 0.15) is 5.56 Å². The van der Waals surface area contributed by atoms with E-state index in [4.69, 9.17) is 5.11 Å². The van der Waals surface area contributed by atoms with E-state index in [0.717, 1.165) is 34.9 Å². The molecule has 7 heteroatoms. The van der Waals surface area contributed by atoms with Gasteiger partial charge in [-0.3, -0.25) is 9.36 Å². The molecule has 20 heavy (non-hydrogen) atoms. The minimum Gasteiger partial charge on any atom is -0.477 e. The average molecular weight is 283 g/mol. The summed E-state index contributed by atoms with van der Waals surface area (Å²) in [5.74, 6) is -1.39. The molecule has 4 nitrogen and oxygen atoms in total. The van der Waals surface area contributed by atoms with Crippen molar-refractivity contribution in [3.8, 4) is 5.69 Å². The number of halogens is 3. The Bertz CT molecular complexity index is 702. The predicted molar refractivity (Wildman–Crippen MR) is 64.0 cm³/mol. The summed E-state index contributed by atoms with van der Waals surface area (Å²) in [5.41, 5.74) is -1.94. The second-order valence-electron chi connectivity index (χ2n) is 3.95. The summed E-state index contributed by atoms with van der Waals surface area (Å²) in [4.78, 5) is 22.7. The smallest absolute Gasteiger partial charge is 0.416 e.